The summed E-state index contributed by atoms with van der Waals surface area (Å²) >= 11 is 8.18. The predicted molar refractivity (Wildman–Crippen MR) is 87.5 cm³/mol. The maximum atomic E-state index is 5.98. The van der Waals surface area contributed by atoms with Gasteiger partial charge in [-0.25, -0.2) is 9.97 Å². The minimum absolute atomic E-state index is 0.329. The van der Waals surface area contributed by atoms with Gasteiger partial charge in [0, 0.05) is 11.4 Å². The zero-order valence-corrected chi connectivity index (χ0v) is 13.7. The molecular formula is C14H15ClIN3. The van der Waals surface area contributed by atoms with E-state index in [9.17, 15) is 0 Å². The molecule has 1 aromatic heterocycles. The topological polar surface area (TPSA) is 51.8 Å². The largest absolute Gasteiger partial charge is 0.383 e. The van der Waals surface area contributed by atoms with E-state index in [2.05, 4.69) is 46.4 Å². The Morgan fingerprint density at radius 2 is 2.05 bits per heavy atom. The lowest BCUT2D eigenvalue weighted by molar-refractivity contribution is 0.785. The maximum absolute atomic E-state index is 5.98. The number of nitrogens with two attached hydrogens (primary N) is 1. The van der Waals surface area contributed by atoms with E-state index >= 15 is 0 Å². The monoisotopic (exact) mass is 387 g/mol. The zero-order valence-electron chi connectivity index (χ0n) is 10.8. The molecule has 0 saturated carbocycles. The van der Waals surface area contributed by atoms with Crippen molar-refractivity contribution >= 4 is 40.0 Å². The smallest absolute Gasteiger partial charge is 0.140 e. The summed E-state index contributed by atoms with van der Waals surface area (Å²) < 4.78 is 0.947. The molecular weight excluding hydrogens is 373 g/mol. The number of hydrogen-bond donors (Lipinski definition) is 1. The minimum Gasteiger partial charge on any atom is -0.383 e. The van der Waals surface area contributed by atoms with Gasteiger partial charge in [-0.05, 0) is 46.2 Å². The Labute approximate surface area is 131 Å². The van der Waals surface area contributed by atoms with Crippen LogP contribution < -0.4 is 5.73 Å². The standard InChI is InChI=1S/C14H15ClIN3/c1-8(2)13-12(16)14(17)19-11(18-13)7-9-4-3-5-10(15)6-9/h3-6,8H,7H2,1-2H3,(H2,17,18,19). The number of nitrogens with zero attached hydrogens (tertiary/aromatic N) is 2. The number of benzene rings is 1. The summed E-state index contributed by atoms with van der Waals surface area (Å²) in [6.45, 7) is 4.21. The number of hydrogen-bond acceptors (Lipinski definition) is 3. The van der Waals surface area contributed by atoms with Crippen LogP contribution in [0.5, 0.6) is 0 Å². The summed E-state index contributed by atoms with van der Waals surface area (Å²) in [6, 6.07) is 7.72. The van der Waals surface area contributed by atoms with Crippen molar-refractivity contribution in [3.63, 3.8) is 0 Å². The van der Waals surface area contributed by atoms with Crippen LogP contribution in [0.15, 0.2) is 24.3 Å². The molecule has 0 unspecified atom stereocenters. The Hall–Kier alpha value is -0.880. The van der Waals surface area contributed by atoms with E-state index in [0.29, 0.717) is 18.2 Å². The fraction of sp³-hybridized carbons (Fsp3) is 0.286. The lowest BCUT2D eigenvalue weighted by Crippen LogP contribution is -2.09. The third-order valence-electron chi connectivity index (χ3n) is 2.75. The van der Waals surface area contributed by atoms with Crippen molar-refractivity contribution in [3.8, 4) is 0 Å². The number of halogens is 2. The van der Waals surface area contributed by atoms with Gasteiger partial charge in [-0.1, -0.05) is 37.6 Å². The summed E-state index contributed by atoms with van der Waals surface area (Å²) in [4.78, 5) is 8.97. The van der Waals surface area contributed by atoms with Crippen LogP contribution in [0.25, 0.3) is 0 Å². The Balaban J connectivity index is 2.36. The van der Waals surface area contributed by atoms with Crippen molar-refractivity contribution in [1.82, 2.24) is 9.97 Å². The molecule has 100 valence electrons. The molecule has 5 heteroatoms. The van der Waals surface area contributed by atoms with Gasteiger partial charge in [0.2, 0.25) is 0 Å². The van der Waals surface area contributed by atoms with Gasteiger partial charge in [-0.15, -0.1) is 0 Å². The molecule has 0 aliphatic heterocycles. The first-order chi connectivity index (χ1) is 8.97. The quantitative estimate of drug-likeness (QED) is 0.809. The number of anilines is 1. The summed E-state index contributed by atoms with van der Waals surface area (Å²) in [5.74, 6) is 1.62. The van der Waals surface area contributed by atoms with Crippen molar-refractivity contribution in [3.05, 3.63) is 49.9 Å². The molecule has 3 nitrogen and oxygen atoms in total. The zero-order chi connectivity index (χ0) is 14.0. The molecule has 0 aliphatic carbocycles. The maximum Gasteiger partial charge on any atom is 0.140 e. The van der Waals surface area contributed by atoms with Gasteiger partial charge in [-0.3, -0.25) is 0 Å². The van der Waals surface area contributed by atoms with E-state index in [1.54, 1.807) is 0 Å². The van der Waals surface area contributed by atoms with Crippen molar-refractivity contribution in [2.24, 2.45) is 0 Å². The van der Waals surface area contributed by atoms with Crippen LogP contribution >= 0.6 is 34.2 Å². The van der Waals surface area contributed by atoms with E-state index in [4.69, 9.17) is 17.3 Å². The molecule has 1 heterocycles. The Kier molecular flexibility index (Phi) is 4.62. The molecule has 2 rings (SSSR count). The van der Waals surface area contributed by atoms with Crippen LogP contribution in [0.3, 0.4) is 0 Å². The second kappa shape index (κ2) is 6.05. The molecule has 0 saturated heterocycles. The molecule has 0 fully saturated rings. The summed E-state index contributed by atoms with van der Waals surface area (Å²) in [7, 11) is 0. The third-order valence-corrected chi connectivity index (χ3v) is 4.09. The van der Waals surface area contributed by atoms with Crippen LogP contribution in [0.2, 0.25) is 5.02 Å². The highest BCUT2D eigenvalue weighted by Crippen LogP contribution is 2.24. The first-order valence-corrected chi connectivity index (χ1v) is 7.49. The molecule has 2 N–H and O–H groups in total. The molecule has 0 spiro atoms. The fourth-order valence-corrected chi connectivity index (χ4v) is 2.90. The normalized spacial score (nSPS) is 11.0. The highest BCUT2D eigenvalue weighted by atomic mass is 127. The average molecular weight is 388 g/mol. The summed E-state index contributed by atoms with van der Waals surface area (Å²) in [5.41, 5.74) is 8.05. The van der Waals surface area contributed by atoms with Crippen molar-refractivity contribution < 1.29 is 0 Å². The van der Waals surface area contributed by atoms with Gasteiger partial charge in [0.15, 0.2) is 0 Å². The van der Waals surface area contributed by atoms with E-state index in [0.717, 1.165) is 25.7 Å². The Bertz CT molecular complexity index is 599. The molecule has 0 bridgehead atoms. The summed E-state index contributed by atoms with van der Waals surface area (Å²) in [6.07, 6.45) is 0.640. The number of rotatable bonds is 3. The van der Waals surface area contributed by atoms with E-state index in [-0.39, 0.29) is 0 Å². The SMILES string of the molecule is CC(C)c1nc(Cc2cccc(Cl)c2)nc(N)c1I. The van der Waals surface area contributed by atoms with Gasteiger partial charge in [0.25, 0.3) is 0 Å². The summed E-state index contributed by atoms with van der Waals surface area (Å²) in [5, 5.41) is 0.722. The predicted octanol–water partition coefficient (Wildman–Crippen LogP) is 4.03. The minimum atomic E-state index is 0.329. The van der Waals surface area contributed by atoms with Crippen LogP contribution in [0, 0.1) is 3.57 Å². The fourth-order valence-electron chi connectivity index (χ4n) is 1.82. The highest BCUT2D eigenvalue weighted by molar-refractivity contribution is 14.1. The number of nitrogen functional groups attached to an aromatic ring is 1. The van der Waals surface area contributed by atoms with Crippen LogP contribution in [-0.4, -0.2) is 9.97 Å². The third kappa shape index (κ3) is 3.57. The Morgan fingerprint density at radius 3 is 2.68 bits per heavy atom. The average Bonchev–Trinajstić information content (AvgIpc) is 2.33. The lowest BCUT2D eigenvalue weighted by Gasteiger charge is -2.11. The lowest BCUT2D eigenvalue weighted by atomic mass is 10.1. The molecule has 0 amide bonds. The van der Waals surface area contributed by atoms with Crippen molar-refractivity contribution in [1.29, 1.82) is 0 Å². The first kappa shape index (κ1) is 14.5. The molecule has 1 aromatic carbocycles. The van der Waals surface area contributed by atoms with Gasteiger partial charge in [0.1, 0.15) is 11.6 Å². The van der Waals surface area contributed by atoms with E-state index in [1.165, 1.54) is 0 Å². The van der Waals surface area contributed by atoms with Gasteiger partial charge in [-0.2, -0.15) is 0 Å². The molecule has 0 radical (unpaired) electrons. The first-order valence-electron chi connectivity index (χ1n) is 6.03. The van der Waals surface area contributed by atoms with Gasteiger partial charge >= 0.3 is 0 Å². The molecule has 0 atom stereocenters. The van der Waals surface area contributed by atoms with Crippen molar-refractivity contribution in [2.45, 2.75) is 26.2 Å². The van der Waals surface area contributed by atoms with Crippen molar-refractivity contribution in [2.75, 3.05) is 5.73 Å². The van der Waals surface area contributed by atoms with E-state index in [1.807, 2.05) is 24.3 Å². The second-order valence-electron chi connectivity index (χ2n) is 4.69. The van der Waals surface area contributed by atoms with Gasteiger partial charge < -0.3 is 5.73 Å². The molecule has 0 aliphatic rings. The molecule has 19 heavy (non-hydrogen) atoms. The van der Waals surface area contributed by atoms with Crippen LogP contribution in [0.1, 0.15) is 36.8 Å². The second-order valence-corrected chi connectivity index (χ2v) is 6.20. The van der Waals surface area contributed by atoms with E-state index < -0.39 is 0 Å². The molecule has 2 aromatic rings. The Morgan fingerprint density at radius 1 is 1.32 bits per heavy atom. The van der Waals surface area contributed by atoms with Crippen LogP contribution in [0.4, 0.5) is 5.82 Å². The number of aromatic nitrogens is 2. The van der Waals surface area contributed by atoms with Crippen LogP contribution in [-0.2, 0) is 6.42 Å². The highest BCUT2D eigenvalue weighted by Gasteiger charge is 2.13. The van der Waals surface area contributed by atoms with Gasteiger partial charge in [0.05, 0.1) is 9.26 Å².